The first kappa shape index (κ1) is 10.7. The van der Waals surface area contributed by atoms with E-state index in [2.05, 4.69) is 4.18 Å². The van der Waals surface area contributed by atoms with Crippen LogP contribution >= 0.6 is 0 Å². The molecular weight excluding hydrogens is 214 g/mol. The smallest absolute Gasteiger partial charge is 0.446 e. The molecule has 0 aliphatic heterocycles. The first-order valence-electron chi connectivity index (χ1n) is 3.31. The predicted octanol–water partition coefficient (Wildman–Crippen LogP) is 0.562. The molecule has 7 nitrogen and oxygen atoms in total. The van der Waals surface area contributed by atoms with E-state index >= 15 is 0 Å². The quantitative estimate of drug-likeness (QED) is 0.565. The lowest BCUT2D eigenvalue weighted by Gasteiger charge is -2.21. The Morgan fingerprint density at radius 2 is 1.79 bits per heavy atom. The van der Waals surface area contributed by atoms with Gasteiger partial charge in [-0.25, -0.2) is 0 Å². The highest BCUT2D eigenvalue weighted by molar-refractivity contribution is 7.81. The summed E-state index contributed by atoms with van der Waals surface area (Å²) in [6.07, 6.45) is 0. The van der Waals surface area contributed by atoms with Crippen LogP contribution in [-0.4, -0.2) is 18.2 Å². The van der Waals surface area contributed by atoms with Gasteiger partial charge in [0.05, 0.1) is 5.69 Å². The van der Waals surface area contributed by atoms with Gasteiger partial charge < -0.3 is 14.6 Å². The molecular formula is C6H6NO6S-. The molecule has 0 spiro atoms. The lowest BCUT2D eigenvalue weighted by molar-refractivity contribution is 0.296. The number of rotatable bonds is 3. The topological polar surface area (TPSA) is 110 Å². The summed E-state index contributed by atoms with van der Waals surface area (Å²) in [5, 5.41) is 18.3. The highest BCUT2D eigenvalue weighted by Crippen LogP contribution is 2.18. The zero-order valence-electron chi connectivity index (χ0n) is 6.69. The van der Waals surface area contributed by atoms with Crippen molar-refractivity contribution in [2.24, 2.45) is 0 Å². The summed E-state index contributed by atoms with van der Waals surface area (Å²) in [6.45, 7) is 0. The van der Waals surface area contributed by atoms with Crippen LogP contribution in [0.3, 0.4) is 0 Å². The van der Waals surface area contributed by atoms with E-state index in [-0.39, 0.29) is 11.4 Å². The maximum Gasteiger partial charge on any atom is 0.446 e. The Labute approximate surface area is 79.6 Å². The minimum absolute atomic E-state index is 0.0901. The summed E-state index contributed by atoms with van der Waals surface area (Å²) in [5.74, 6) is -0.168. The van der Waals surface area contributed by atoms with E-state index in [1.165, 1.54) is 0 Å². The minimum atomic E-state index is -4.56. The second kappa shape index (κ2) is 3.80. The SMILES string of the molecule is O=S(=O)(O)Oc1ccc(N([O-])O)cc1. The molecule has 0 radical (unpaired) electrons. The summed E-state index contributed by atoms with van der Waals surface area (Å²) >= 11 is 0. The standard InChI is InChI=1S/C6H6NO6S/c8-7(9)5-1-3-6(4-2-5)13-14(10,11)12/h1-4,8H,(H,10,11,12)/q-1. The highest BCUT2D eigenvalue weighted by Gasteiger charge is 2.06. The van der Waals surface area contributed by atoms with Gasteiger partial charge in [-0.2, -0.15) is 8.42 Å². The average molecular weight is 220 g/mol. The molecule has 0 fully saturated rings. The van der Waals surface area contributed by atoms with E-state index in [9.17, 15) is 13.6 Å². The lowest BCUT2D eigenvalue weighted by Crippen LogP contribution is -2.08. The van der Waals surface area contributed by atoms with Gasteiger partial charge in [0.1, 0.15) is 5.75 Å². The Bertz CT molecular complexity index is 397. The van der Waals surface area contributed by atoms with Crippen molar-refractivity contribution in [3.63, 3.8) is 0 Å². The maximum absolute atomic E-state index is 10.3. The van der Waals surface area contributed by atoms with E-state index in [0.29, 0.717) is 0 Å². The molecule has 0 amide bonds. The van der Waals surface area contributed by atoms with E-state index in [1.807, 2.05) is 0 Å². The van der Waals surface area contributed by atoms with Crippen molar-refractivity contribution < 1.29 is 22.4 Å². The summed E-state index contributed by atoms with van der Waals surface area (Å²) in [5.41, 5.74) is -0.0901. The number of anilines is 1. The van der Waals surface area contributed by atoms with Crippen LogP contribution in [0.4, 0.5) is 5.69 Å². The zero-order chi connectivity index (χ0) is 10.8. The number of hydrogen-bond acceptors (Lipinski definition) is 6. The van der Waals surface area contributed by atoms with Crippen molar-refractivity contribution in [1.29, 1.82) is 0 Å². The van der Waals surface area contributed by atoms with Crippen molar-refractivity contribution in [3.8, 4) is 5.75 Å². The summed E-state index contributed by atoms with van der Waals surface area (Å²) in [6, 6.07) is 4.44. The van der Waals surface area contributed by atoms with Crippen molar-refractivity contribution in [2.75, 3.05) is 5.23 Å². The fourth-order valence-electron chi connectivity index (χ4n) is 0.751. The monoisotopic (exact) mass is 220 g/mol. The fraction of sp³-hybridized carbons (Fsp3) is 0. The van der Waals surface area contributed by atoms with Crippen molar-refractivity contribution in [3.05, 3.63) is 29.5 Å². The van der Waals surface area contributed by atoms with Gasteiger partial charge in [-0.3, -0.25) is 9.76 Å². The van der Waals surface area contributed by atoms with Gasteiger partial charge in [-0.05, 0) is 24.3 Å². The minimum Gasteiger partial charge on any atom is -0.733 e. The van der Waals surface area contributed by atoms with Crippen molar-refractivity contribution in [2.45, 2.75) is 0 Å². The molecule has 0 atom stereocenters. The van der Waals surface area contributed by atoms with Crippen LogP contribution < -0.4 is 9.41 Å². The van der Waals surface area contributed by atoms with Gasteiger partial charge in [0.2, 0.25) is 0 Å². The first-order valence-corrected chi connectivity index (χ1v) is 4.68. The lowest BCUT2D eigenvalue weighted by atomic mass is 10.3. The van der Waals surface area contributed by atoms with Gasteiger partial charge in [0, 0.05) is 0 Å². The first-order chi connectivity index (χ1) is 6.38. The fourth-order valence-corrected chi connectivity index (χ4v) is 1.11. The molecule has 0 saturated carbocycles. The van der Waals surface area contributed by atoms with Crippen LogP contribution in [0.25, 0.3) is 0 Å². The summed E-state index contributed by atoms with van der Waals surface area (Å²) in [7, 11) is -4.56. The third-order valence-electron chi connectivity index (χ3n) is 1.26. The van der Waals surface area contributed by atoms with Gasteiger partial charge >= 0.3 is 10.4 Å². The predicted molar refractivity (Wildman–Crippen MR) is 46.3 cm³/mol. The molecule has 0 heterocycles. The van der Waals surface area contributed by atoms with Crippen LogP contribution in [0.1, 0.15) is 0 Å². The molecule has 1 aromatic rings. The molecule has 0 aliphatic rings. The van der Waals surface area contributed by atoms with Gasteiger partial charge in [0.25, 0.3) is 0 Å². The van der Waals surface area contributed by atoms with Crippen molar-refractivity contribution >= 4 is 16.1 Å². The van der Waals surface area contributed by atoms with E-state index in [1.54, 1.807) is 0 Å². The molecule has 0 unspecified atom stereocenters. The Kier molecular flexibility index (Phi) is 2.91. The van der Waals surface area contributed by atoms with Gasteiger partial charge in [-0.1, -0.05) is 0 Å². The Hall–Kier alpha value is -1.35. The van der Waals surface area contributed by atoms with Crippen LogP contribution in [0, 0.1) is 5.21 Å². The maximum atomic E-state index is 10.3. The van der Waals surface area contributed by atoms with Gasteiger partial charge in [-0.15, -0.1) is 0 Å². The Morgan fingerprint density at radius 1 is 1.29 bits per heavy atom. The highest BCUT2D eigenvalue weighted by atomic mass is 32.3. The number of benzene rings is 1. The number of hydrogen-bond donors (Lipinski definition) is 2. The largest absolute Gasteiger partial charge is 0.733 e. The van der Waals surface area contributed by atoms with E-state index in [0.717, 1.165) is 24.3 Å². The molecule has 14 heavy (non-hydrogen) atoms. The van der Waals surface area contributed by atoms with Crippen LogP contribution in [-0.2, 0) is 10.4 Å². The second-order valence-corrected chi connectivity index (χ2v) is 3.30. The average Bonchev–Trinajstić information content (AvgIpc) is 2.02. The second-order valence-electron chi connectivity index (χ2n) is 2.28. The molecule has 1 aromatic carbocycles. The normalized spacial score (nSPS) is 11.1. The third kappa shape index (κ3) is 3.18. The van der Waals surface area contributed by atoms with Crippen LogP contribution in [0.2, 0.25) is 0 Å². The third-order valence-corrected chi connectivity index (χ3v) is 1.66. The van der Waals surface area contributed by atoms with E-state index < -0.39 is 15.6 Å². The van der Waals surface area contributed by atoms with Crippen molar-refractivity contribution in [1.82, 2.24) is 0 Å². The summed E-state index contributed by atoms with van der Waals surface area (Å²) in [4.78, 5) is 0. The van der Waals surface area contributed by atoms with Crippen LogP contribution in [0.5, 0.6) is 5.75 Å². The summed E-state index contributed by atoms with van der Waals surface area (Å²) < 4.78 is 32.8. The Balaban J connectivity index is 2.84. The van der Waals surface area contributed by atoms with E-state index in [4.69, 9.17) is 9.76 Å². The number of nitrogens with zero attached hydrogens (tertiary/aromatic N) is 1. The molecule has 1 rings (SSSR count). The molecule has 78 valence electrons. The zero-order valence-corrected chi connectivity index (χ0v) is 7.51. The van der Waals surface area contributed by atoms with Gasteiger partial charge in [0.15, 0.2) is 0 Å². The van der Waals surface area contributed by atoms with Crippen LogP contribution in [0.15, 0.2) is 24.3 Å². The molecule has 8 heteroatoms. The molecule has 2 N–H and O–H groups in total. The Morgan fingerprint density at radius 3 is 2.14 bits per heavy atom. The molecule has 0 aromatic heterocycles. The molecule has 0 bridgehead atoms. The molecule has 0 saturated heterocycles. The molecule has 0 aliphatic carbocycles.